The van der Waals surface area contributed by atoms with Gasteiger partial charge in [-0.05, 0) is 49.1 Å². The van der Waals surface area contributed by atoms with E-state index in [4.69, 9.17) is 4.52 Å². The smallest absolute Gasteiger partial charge is 0.263 e. The third-order valence-electron chi connectivity index (χ3n) is 5.89. The largest absolute Gasteiger partial charge is 0.343 e. The predicted octanol–water partition coefficient (Wildman–Crippen LogP) is 2.85. The van der Waals surface area contributed by atoms with E-state index in [2.05, 4.69) is 34.3 Å². The Morgan fingerprint density at radius 1 is 1.26 bits per heavy atom. The highest BCUT2D eigenvalue weighted by Gasteiger charge is 2.41. The number of H-pyrrole nitrogens is 1. The average molecular weight is 370 g/mol. The van der Waals surface area contributed by atoms with Crippen LogP contribution in [0.15, 0.2) is 15.4 Å². The molecule has 4 rings (SSSR count). The lowest BCUT2D eigenvalue weighted by Gasteiger charge is -2.30. The van der Waals surface area contributed by atoms with E-state index in [1.54, 1.807) is 0 Å². The number of amides is 1. The molecule has 144 valence electrons. The van der Waals surface area contributed by atoms with Crippen LogP contribution >= 0.6 is 0 Å². The molecule has 0 radical (unpaired) electrons. The lowest BCUT2D eigenvalue weighted by Crippen LogP contribution is -2.43. The highest BCUT2D eigenvalue weighted by molar-refractivity contribution is 5.74. The number of fused-ring (bicyclic) bond motifs is 1. The Bertz CT molecular complexity index is 935. The van der Waals surface area contributed by atoms with Crippen molar-refractivity contribution in [2.75, 3.05) is 0 Å². The van der Waals surface area contributed by atoms with Crippen molar-refractivity contribution >= 4 is 5.91 Å². The van der Waals surface area contributed by atoms with E-state index in [1.807, 2.05) is 6.07 Å². The summed E-state index contributed by atoms with van der Waals surface area (Å²) in [6, 6.07) is 1.89. The molecule has 0 atom stereocenters. The van der Waals surface area contributed by atoms with Crippen molar-refractivity contribution in [2.45, 2.75) is 71.3 Å². The fraction of sp³-hybridized carbons (Fsp3) is 0.600. The van der Waals surface area contributed by atoms with Crippen LogP contribution < -0.4 is 10.9 Å². The van der Waals surface area contributed by atoms with E-state index < -0.39 is 5.54 Å². The number of aromatic amines is 1. The molecule has 2 N–H and O–H groups in total. The Kier molecular flexibility index (Phi) is 4.20. The molecule has 1 amide bonds. The molecule has 7 heteroatoms. The van der Waals surface area contributed by atoms with E-state index in [9.17, 15) is 9.59 Å². The summed E-state index contributed by atoms with van der Waals surface area (Å²) in [5, 5.41) is 7.13. The first-order valence-electron chi connectivity index (χ1n) is 9.66. The van der Waals surface area contributed by atoms with Gasteiger partial charge >= 0.3 is 0 Å². The van der Waals surface area contributed by atoms with Gasteiger partial charge in [0.15, 0.2) is 5.82 Å². The maximum absolute atomic E-state index is 12.6. The number of hydrogen-bond acceptors (Lipinski definition) is 5. The molecule has 0 aromatic carbocycles. The van der Waals surface area contributed by atoms with Gasteiger partial charge in [0, 0.05) is 12.6 Å². The number of nitrogens with zero attached hydrogens (tertiary/aromatic N) is 2. The van der Waals surface area contributed by atoms with E-state index in [0.29, 0.717) is 11.4 Å². The van der Waals surface area contributed by atoms with Crippen molar-refractivity contribution in [1.29, 1.82) is 0 Å². The summed E-state index contributed by atoms with van der Waals surface area (Å²) in [4.78, 5) is 31.8. The first-order chi connectivity index (χ1) is 12.8. The molecule has 2 aliphatic rings. The molecule has 0 spiro atoms. The van der Waals surface area contributed by atoms with Crippen molar-refractivity contribution < 1.29 is 9.32 Å². The monoisotopic (exact) mass is 370 g/mol. The molecule has 1 saturated carbocycles. The second-order valence-corrected chi connectivity index (χ2v) is 8.75. The highest BCUT2D eigenvalue weighted by atomic mass is 16.5. The minimum Gasteiger partial charge on any atom is -0.343 e. The Morgan fingerprint density at radius 3 is 2.70 bits per heavy atom. The van der Waals surface area contributed by atoms with Gasteiger partial charge in [-0.2, -0.15) is 4.98 Å². The molecule has 27 heavy (non-hydrogen) atoms. The number of carbonyl (C=O) groups excluding carboxylic acids is 1. The zero-order chi connectivity index (χ0) is 19.2. The van der Waals surface area contributed by atoms with Crippen LogP contribution in [0.3, 0.4) is 0 Å². The van der Waals surface area contributed by atoms with Crippen LogP contribution in [0.5, 0.6) is 0 Å². The lowest BCUT2D eigenvalue weighted by atomic mass is 9.76. The Hall–Kier alpha value is -2.44. The van der Waals surface area contributed by atoms with Gasteiger partial charge in [0.1, 0.15) is 11.1 Å². The average Bonchev–Trinajstić information content (AvgIpc) is 3.24. The second-order valence-electron chi connectivity index (χ2n) is 8.75. The Labute approximate surface area is 157 Å². The molecule has 2 aliphatic carbocycles. The second kappa shape index (κ2) is 6.32. The molecule has 1 fully saturated rings. The SMILES string of the molecule is CC(=O)NC1(c2noc(-c3cc4c([nH]c3=O)CCC(C)(C)C4)n2)CCCC1. The van der Waals surface area contributed by atoms with Crippen LogP contribution in [0.2, 0.25) is 0 Å². The number of carbonyl (C=O) groups is 1. The molecular formula is C20H26N4O3. The summed E-state index contributed by atoms with van der Waals surface area (Å²) in [7, 11) is 0. The number of aromatic nitrogens is 3. The fourth-order valence-electron chi connectivity index (χ4n) is 4.47. The van der Waals surface area contributed by atoms with Gasteiger partial charge in [0.25, 0.3) is 11.4 Å². The third-order valence-corrected chi connectivity index (χ3v) is 5.89. The quantitative estimate of drug-likeness (QED) is 0.865. The van der Waals surface area contributed by atoms with Crippen molar-refractivity contribution in [3.8, 4) is 11.5 Å². The maximum Gasteiger partial charge on any atom is 0.263 e. The number of rotatable bonds is 3. The molecule has 0 saturated heterocycles. The molecule has 0 bridgehead atoms. The van der Waals surface area contributed by atoms with Crippen LogP contribution in [-0.4, -0.2) is 21.0 Å². The van der Waals surface area contributed by atoms with Gasteiger partial charge in [-0.15, -0.1) is 0 Å². The van der Waals surface area contributed by atoms with Crippen molar-refractivity contribution in [1.82, 2.24) is 20.4 Å². The molecule has 2 aromatic rings. The van der Waals surface area contributed by atoms with Gasteiger partial charge in [0.05, 0.1) is 0 Å². The summed E-state index contributed by atoms with van der Waals surface area (Å²) in [5.41, 5.74) is 1.97. The van der Waals surface area contributed by atoms with Crippen LogP contribution in [-0.2, 0) is 23.2 Å². The Morgan fingerprint density at radius 2 is 2.00 bits per heavy atom. The predicted molar refractivity (Wildman–Crippen MR) is 100 cm³/mol. The Balaban J connectivity index is 1.71. The van der Waals surface area contributed by atoms with E-state index >= 15 is 0 Å². The van der Waals surface area contributed by atoms with E-state index in [0.717, 1.165) is 56.2 Å². The number of aryl methyl sites for hydroxylation is 1. The normalized spacial score (nSPS) is 20.3. The summed E-state index contributed by atoms with van der Waals surface area (Å²) in [6.07, 6.45) is 6.39. The van der Waals surface area contributed by atoms with Gasteiger partial charge in [-0.1, -0.05) is 31.8 Å². The van der Waals surface area contributed by atoms with Crippen molar-refractivity contribution in [3.63, 3.8) is 0 Å². The molecule has 7 nitrogen and oxygen atoms in total. The maximum atomic E-state index is 12.6. The van der Waals surface area contributed by atoms with Crippen LogP contribution in [0.4, 0.5) is 0 Å². The number of nitrogens with one attached hydrogen (secondary N) is 2. The molecule has 0 aliphatic heterocycles. The summed E-state index contributed by atoms with van der Waals surface area (Å²) < 4.78 is 5.46. The zero-order valence-electron chi connectivity index (χ0n) is 16.1. The first kappa shape index (κ1) is 17.9. The summed E-state index contributed by atoms with van der Waals surface area (Å²) in [6.45, 7) is 5.97. The molecule has 2 heterocycles. The minimum absolute atomic E-state index is 0.114. The molecule has 0 unspecified atom stereocenters. The van der Waals surface area contributed by atoms with Gasteiger partial charge in [-0.3, -0.25) is 9.59 Å². The van der Waals surface area contributed by atoms with Gasteiger partial charge in [-0.25, -0.2) is 0 Å². The van der Waals surface area contributed by atoms with Crippen molar-refractivity contribution in [2.24, 2.45) is 5.41 Å². The third kappa shape index (κ3) is 3.31. The zero-order valence-corrected chi connectivity index (χ0v) is 16.1. The lowest BCUT2D eigenvalue weighted by molar-refractivity contribution is -0.121. The molecular weight excluding hydrogens is 344 g/mol. The number of hydrogen-bond donors (Lipinski definition) is 2. The van der Waals surface area contributed by atoms with E-state index in [1.165, 1.54) is 6.92 Å². The van der Waals surface area contributed by atoms with E-state index in [-0.39, 0.29) is 22.8 Å². The summed E-state index contributed by atoms with van der Waals surface area (Å²) in [5.74, 6) is 0.564. The topological polar surface area (TPSA) is 101 Å². The van der Waals surface area contributed by atoms with Crippen LogP contribution in [0, 0.1) is 5.41 Å². The van der Waals surface area contributed by atoms with Gasteiger partial charge < -0.3 is 14.8 Å². The van der Waals surface area contributed by atoms with Crippen LogP contribution in [0.25, 0.3) is 11.5 Å². The van der Waals surface area contributed by atoms with Crippen molar-refractivity contribution in [3.05, 3.63) is 33.5 Å². The first-order valence-corrected chi connectivity index (χ1v) is 9.66. The summed E-state index contributed by atoms with van der Waals surface area (Å²) >= 11 is 0. The van der Waals surface area contributed by atoms with Crippen LogP contribution in [0.1, 0.15) is 70.0 Å². The molecule has 2 aromatic heterocycles. The highest BCUT2D eigenvalue weighted by Crippen LogP contribution is 2.38. The van der Waals surface area contributed by atoms with Gasteiger partial charge in [0.2, 0.25) is 5.91 Å². The minimum atomic E-state index is -0.587. The standard InChI is InChI=1S/C20H26N4O3/c1-12(25)23-20(7-4-5-8-20)18-22-17(27-24-18)14-10-13-11-19(2,3)9-6-15(13)21-16(14)26/h10H,4-9,11H2,1-3H3,(H,21,26)(H,23,25). The number of pyridine rings is 1. The fourth-order valence-corrected chi connectivity index (χ4v) is 4.47.